The maximum Gasteiger partial charge on any atom is 0.414 e. The minimum Gasteiger partial charge on any atom is -0.422 e. The van der Waals surface area contributed by atoms with Gasteiger partial charge < -0.3 is 19.4 Å². The van der Waals surface area contributed by atoms with Crippen LogP contribution >= 0.6 is 11.6 Å². The van der Waals surface area contributed by atoms with E-state index in [1.54, 1.807) is 6.92 Å². The van der Waals surface area contributed by atoms with Crippen LogP contribution in [-0.4, -0.2) is 52.6 Å². The van der Waals surface area contributed by atoms with Crippen LogP contribution in [0.3, 0.4) is 0 Å². The third kappa shape index (κ3) is 5.18. The monoisotopic (exact) mass is 523 g/mol. The molecule has 0 bridgehead atoms. The molecule has 4 rings (SSSR count). The van der Waals surface area contributed by atoms with E-state index in [1.807, 2.05) is 0 Å². The van der Waals surface area contributed by atoms with Crippen molar-refractivity contribution in [3.8, 4) is 5.75 Å². The minimum absolute atomic E-state index is 0.00682. The van der Waals surface area contributed by atoms with Gasteiger partial charge in [0.2, 0.25) is 10.0 Å². The Kier molecular flexibility index (Phi) is 6.87. The van der Waals surface area contributed by atoms with E-state index in [4.69, 9.17) is 20.8 Å². The maximum absolute atomic E-state index is 14.4. The van der Waals surface area contributed by atoms with Crippen molar-refractivity contribution in [2.75, 3.05) is 27.2 Å². The molecule has 1 amide bonds. The van der Waals surface area contributed by atoms with E-state index in [1.165, 1.54) is 43.3 Å². The molecule has 2 aromatic carbocycles. The molecule has 0 aliphatic carbocycles. The average Bonchev–Trinajstić information content (AvgIpc) is 2.76. The molecule has 186 valence electrons. The number of sulfonamides is 1. The molecular weight excluding hydrogens is 501 g/mol. The van der Waals surface area contributed by atoms with Gasteiger partial charge in [0.25, 0.3) is 0 Å². The summed E-state index contributed by atoms with van der Waals surface area (Å²) in [6.07, 6.45) is -0.639. The van der Waals surface area contributed by atoms with Crippen molar-refractivity contribution in [1.29, 1.82) is 0 Å². The molecule has 1 aliphatic heterocycles. The number of halogens is 2. The highest BCUT2D eigenvalue weighted by atomic mass is 35.5. The van der Waals surface area contributed by atoms with Crippen LogP contribution in [0.25, 0.3) is 11.0 Å². The number of rotatable bonds is 6. The van der Waals surface area contributed by atoms with Crippen molar-refractivity contribution >= 4 is 38.7 Å². The third-order valence-electron chi connectivity index (χ3n) is 5.67. The smallest absolute Gasteiger partial charge is 0.414 e. The lowest BCUT2D eigenvalue weighted by Gasteiger charge is -2.27. The molecule has 0 radical (unpaired) electrons. The van der Waals surface area contributed by atoms with Crippen LogP contribution in [-0.2, 0) is 16.4 Å². The number of hydrogen-bond donors (Lipinski definition) is 2. The van der Waals surface area contributed by atoms with Crippen LogP contribution in [0.4, 0.5) is 9.18 Å². The first-order valence-corrected chi connectivity index (χ1v) is 12.5. The van der Waals surface area contributed by atoms with Crippen LogP contribution in [0.1, 0.15) is 16.7 Å². The summed E-state index contributed by atoms with van der Waals surface area (Å²) >= 11 is 6.29. The number of carbonyl (C=O) groups excluding carboxylic acids is 1. The van der Waals surface area contributed by atoms with Crippen molar-refractivity contribution in [2.24, 2.45) is 0 Å². The highest BCUT2D eigenvalue weighted by Crippen LogP contribution is 2.33. The van der Waals surface area contributed by atoms with Crippen molar-refractivity contribution in [3.05, 3.63) is 68.3 Å². The van der Waals surface area contributed by atoms with Gasteiger partial charge in [-0.1, -0.05) is 17.7 Å². The largest absolute Gasteiger partial charge is 0.422 e. The normalized spacial score (nSPS) is 14.1. The Morgan fingerprint density at radius 1 is 1.29 bits per heavy atom. The van der Waals surface area contributed by atoms with Gasteiger partial charge in [-0.3, -0.25) is 0 Å². The van der Waals surface area contributed by atoms with E-state index in [9.17, 15) is 22.4 Å². The Morgan fingerprint density at radius 2 is 2.00 bits per heavy atom. The summed E-state index contributed by atoms with van der Waals surface area (Å²) in [5.41, 5.74) is 0.738. The Balaban J connectivity index is 1.69. The van der Waals surface area contributed by atoms with Crippen molar-refractivity contribution in [2.45, 2.75) is 24.3 Å². The molecule has 12 heteroatoms. The highest BCUT2D eigenvalue weighted by Gasteiger charge is 2.27. The van der Waals surface area contributed by atoms with Crippen molar-refractivity contribution in [1.82, 2.24) is 14.9 Å². The van der Waals surface area contributed by atoms with Crippen LogP contribution in [0, 0.1) is 12.7 Å². The number of fused-ring (bicyclic) bond motifs is 1. The molecule has 0 spiro atoms. The highest BCUT2D eigenvalue weighted by molar-refractivity contribution is 7.89. The molecule has 2 N–H and O–H groups in total. The molecule has 2 heterocycles. The van der Waals surface area contributed by atoms with Gasteiger partial charge in [0.1, 0.15) is 16.3 Å². The fraction of sp³-hybridized carbons (Fsp3) is 0.304. The third-order valence-corrected chi connectivity index (χ3v) is 7.50. The zero-order valence-electron chi connectivity index (χ0n) is 19.1. The van der Waals surface area contributed by atoms with Crippen LogP contribution < -0.4 is 20.4 Å². The van der Waals surface area contributed by atoms with Gasteiger partial charge in [-0.25, -0.2) is 27.1 Å². The minimum atomic E-state index is -4.08. The number of amides is 1. The van der Waals surface area contributed by atoms with Gasteiger partial charge in [0, 0.05) is 56.7 Å². The van der Waals surface area contributed by atoms with Gasteiger partial charge in [-0.15, -0.1) is 0 Å². The summed E-state index contributed by atoms with van der Waals surface area (Å²) in [4.78, 5) is 25.4. The predicted molar refractivity (Wildman–Crippen MR) is 128 cm³/mol. The van der Waals surface area contributed by atoms with Gasteiger partial charge in [0.15, 0.2) is 5.75 Å². The van der Waals surface area contributed by atoms with E-state index in [0.29, 0.717) is 29.6 Å². The first kappa shape index (κ1) is 25.1. The molecule has 0 unspecified atom stereocenters. The summed E-state index contributed by atoms with van der Waals surface area (Å²) in [5.74, 6) is -0.849. The van der Waals surface area contributed by atoms with E-state index in [-0.39, 0.29) is 34.4 Å². The number of carbonyl (C=O) groups is 1. The predicted octanol–water partition coefficient (Wildman–Crippen LogP) is 2.80. The van der Waals surface area contributed by atoms with Crippen LogP contribution in [0.2, 0.25) is 5.02 Å². The second kappa shape index (κ2) is 9.57. The van der Waals surface area contributed by atoms with E-state index < -0.39 is 32.5 Å². The number of benzene rings is 2. The number of nitrogens with one attached hydrogen (secondary N) is 2. The summed E-state index contributed by atoms with van der Waals surface area (Å²) in [5, 5.41) is 3.60. The molecule has 1 fully saturated rings. The van der Waals surface area contributed by atoms with E-state index in [2.05, 4.69) is 10.0 Å². The Hall–Kier alpha value is -2.99. The second-order valence-corrected chi connectivity index (χ2v) is 10.5. The van der Waals surface area contributed by atoms with Crippen molar-refractivity contribution in [3.63, 3.8) is 0 Å². The fourth-order valence-electron chi connectivity index (χ4n) is 3.58. The molecule has 0 atom stereocenters. The van der Waals surface area contributed by atoms with E-state index >= 15 is 0 Å². The maximum atomic E-state index is 14.4. The Morgan fingerprint density at radius 3 is 2.63 bits per heavy atom. The molecule has 1 aliphatic rings. The summed E-state index contributed by atoms with van der Waals surface area (Å²) in [6, 6.07) is 6.27. The Labute approximate surface area is 205 Å². The lowest BCUT2D eigenvalue weighted by atomic mass is 9.99. The van der Waals surface area contributed by atoms with Crippen LogP contribution in [0.15, 0.2) is 44.4 Å². The number of nitrogens with zero attached hydrogens (tertiary/aromatic N) is 1. The van der Waals surface area contributed by atoms with Gasteiger partial charge in [0.05, 0.1) is 5.02 Å². The van der Waals surface area contributed by atoms with Gasteiger partial charge in [-0.2, -0.15) is 0 Å². The summed E-state index contributed by atoms with van der Waals surface area (Å²) < 4.78 is 52.8. The molecule has 0 saturated carbocycles. The summed E-state index contributed by atoms with van der Waals surface area (Å²) in [6.45, 7) is 2.63. The first-order chi connectivity index (χ1) is 16.5. The molecule has 1 saturated heterocycles. The lowest BCUT2D eigenvalue weighted by Crippen LogP contribution is -2.56. The number of ether oxygens (including phenoxy) is 1. The summed E-state index contributed by atoms with van der Waals surface area (Å²) in [7, 11) is -1.05. The molecule has 35 heavy (non-hydrogen) atoms. The standard InChI is InChI=1S/C23H23ClFN3O6S/c1-12-15-8-17(24)20(34-23(30)28(2)3)9-19(15)33-22(29)16(12)6-13-4-5-18(25)21(7-13)35(31,32)27-14-10-26-11-14/h4-5,7-9,14,26-27H,6,10-11H2,1-3H3. The topological polar surface area (TPSA) is 118 Å². The molecular formula is C23H23ClFN3O6S. The first-order valence-electron chi connectivity index (χ1n) is 10.6. The molecule has 9 nitrogen and oxygen atoms in total. The van der Waals surface area contributed by atoms with Crippen LogP contribution in [0.5, 0.6) is 5.75 Å². The average molecular weight is 524 g/mol. The van der Waals surface area contributed by atoms with E-state index in [0.717, 1.165) is 6.07 Å². The molecule has 3 aromatic rings. The quantitative estimate of drug-likeness (QED) is 0.477. The fourth-order valence-corrected chi connectivity index (χ4v) is 5.15. The van der Waals surface area contributed by atoms with Gasteiger partial charge >= 0.3 is 11.7 Å². The van der Waals surface area contributed by atoms with Gasteiger partial charge in [-0.05, 0) is 36.2 Å². The number of hydrogen-bond acceptors (Lipinski definition) is 7. The molecule has 1 aromatic heterocycles. The second-order valence-electron chi connectivity index (χ2n) is 8.45. The number of aryl methyl sites for hydroxylation is 1. The van der Waals surface area contributed by atoms with Crippen molar-refractivity contribution < 1.29 is 26.8 Å². The zero-order valence-corrected chi connectivity index (χ0v) is 20.7. The Bertz CT molecular complexity index is 1480. The zero-order chi connectivity index (χ0) is 25.5. The SMILES string of the molecule is Cc1c(Cc2ccc(F)c(S(=O)(=O)NC3CNC3)c2)c(=O)oc2cc(OC(=O)N(C)C)c(Cl)cc12. The lowest BCUT2D eigenvalue weighted by molar-refractivity contribution is 0.172.